The molecule has 3 unspecified atom stereocenters. The van der Waals surface area contributed by atoms with Crippen LogP contribution >= 0.6 is 0 Å². The minimum Gasteiger partial charge on any atom is -0.496 e. The van der Waals surface area contributed by atoms with Crippen molar-refractivity contribution in [2.75, 3.05) is 26.8 Å². The van der Waals surface area contributed by atoms with E-state index in [0.717, 1.165) is 43.8 Å². The summed E-state index contributed by atoms with van der Waals surface area (Å²) in [7, 11) is 1.71. The molecule has 0 aliphatic carbocycles. The maximum Gasteiger partial charge on any atom is 0.123 e. The van der Waals surface area contributed by atoms with Crippen molar-refractivity contribution in [1.29, 1.82) is 0 Å². The number of ether oxygens (including phenoxy) is 1. The zero-order valence-corrected chi connectivity index (χ0v) is 17.3. The number of likely N-dealkylation sites (tertiary alicyclic amines) is 1. The molecule has 1 heterocycles. The van der Waals surface area contributed by atoms with Gasteiger partial charge in [0.1, 0.15) is 5.75 Å². The minimum atomic E-state index is -0.446. The van der Waals surface area contributed by atoms with Gasteiger partial charge in [-0.15, -0.1) is 0 Å². The van der Waals surface area contributed by atoms with Crippen molar-refractivity contribution < 1.29 is 14.9 Å². The van der Waals surface area contributed by atoms with E-state index in [-0.39, 0.29) is 12.6 Å². The highest BCUT2D eigenvalue weighted by molar-refractivity contribution is 5.33. The topological polar surface area (TPSA) is 65.0 Å². The summed E-state index contributed by atoms with van der Waals surface area (Å²) in [6, 6.07) is 19.4. The van der Waals surface area contributed by atoms with E-state index in [1.807, 2.05) is 18.2 Å². The quantitative estimate of drug-likeness (QED) is 0.574. The monoisotopic (exact) mass is 398 g/mol. The van der Waals surface area contributed by atoms with Crippen molar-refractivity contribution in [3.05, 3.63) is 65.7 Å². The zero-order chi connectivity index (χ0) is 20.5. The summed E-state index contributed by atoms with van der Waals surface area (Å²) >= 11 is 0. The summed E-state index contributed by atoms with van der Waals surface area (Å²) < 4.78 is 5.51. The Labute approximate surface area is 174 Å². The van der Waals surface area contributed by atoms with Crippen molar-refractivity contribution in [1.82, 2.24) is 10.2 Å². The molecule has 1 fully saturated rings. The zero-order valence-electron chi connectivity index (χ0n) is 17.3. The Kier molecular flexibility index (Phi) is 8.50. The van der Waals surface area contributed by atoms with Crippen molar-refractivity contribution in [3.8, 4) is 5.75 Å². The van der Waals surface area contributed by atoms with Crippen LogP contribution in [0.2, 0.25) is 0 Å². The van der Waals surface area contributed by atoms with Crippen LogP contribution in [0, 0.1) is 0 Å². The summed E-state index contributed by atoms with van der Waals surface area (Å²) in [4.78, 5) is 2.49. The minimum absolute atomic E-state index is 0.0341. The Bertz CT molecular complexity index is 725. The number of nitrogens with zero attached hydrogens (tertiary/aromatic N) is 1. The van der Waals surface area contributed by atoms with Gasteiger partial charge in [0.15, 0.2) is 0 Å². The third kappa shape index (κ3) is 6.03. The molecule has 3 atom stereocenters. The largest absolute Gasteiger partial charge is 0.496 e. The lowest BCUT2D eigenvalue weighted by Gasteiger charge is -2.42. The highest BCUT2D eigenvalue weighted by Gasteiger charge is 2.32. The first kappa shape index (κ1) is 21.8. The van der Waals surface area contributed by atoms with Crippen LogP contribution < -0.4 is 10.1 Å². The predicted molar refractivity (Wildman–Crippen MR) is 116 cm³/mol. The lowest BCUT2D eigenvalue weighted by Crippen LogP contribution is -2.48. The molecular weight excluding hydrogens is 364 g/mol. The van der Waals surface area contributed by atoms with Crippen LogP contribution in [0.1, 0.15) is 42.9 Å². The Morgan fingerprint density at radius 1 is 1.10 bits per heavy atom. The van der Waals surface area contributed by atoms with Gasteiger partial charge >= 0.3 is 0 Å². The van der Waals surface area contributed by atoms with Crippen molar-refractivity contribution >= 4 is 0 Å². The second-order valence-electron chi connectivity index (χ2n) is 7.79. The molecule has 3 N–H and O–H groups in total. The number of methoxy groups -OCH3 is 1. The Balaban J connectivity index is 1.73. The standard InChI is InChI=1S/C24H34N2O3/c1-29-23-12-6-5-10-20(23)18-25-22-11-7-15-26(16-13-21(28)14-17-27)24(22)19-8-3-2-4-9-19/h2-6,8-10,12,21-22,24-25,27-28H,7,11,13-18H2,1H3. The smallest absolute Gasteiger partial charge is 0.123 e. The van der Waals surface area contributed by atoms with Gasteiger partial charge in [0.2, 0.25) is 0 Å². The summed E-state index contributed by atoms with van der Waals surface area (Å²) in [5.74, 6) is 0.913. The molecule has 0 radical (unpaired) electrons. The van der Waals surface area contributed by atoms with E-state index in [1.54, 1.807) is 7.11 Å². The fraction of sp³-hybridized carbons (Fsp3) is 0.500. The maximum atomic E-state index is 10.1. The lowest BCUT2D eigenvalue weighted by atomic mass is 9.89. The van der Waals surface area contributed by atoms with Gasteiger partial charge in [0.05, 0.1) is 19.3 Å². The molecule has 29 heavy (non-hydrogen) atoms. The fourth-order valence-corrected chi connectivity index (χ4v) is 4.32. The second kappa shape index (κ2) is 11.3. The average Bonchev–Trinajstić information content (AvgIpc) is 2.77. The van der Waals surface area contributed by atoms with E-state index in [9.17, 15) is 5.11 Å². The molecule has 5 heteroatoms. The molecule has 0 amide bonds. The SMILES string of the molecule is COc1ccccc1CNC1CCCN(CCC(O)CCO)C1c1ccccc1. The van der Waals surface area contributed by atoms with E-state index >= 15 is 0 Å². The first-order chi connectivity index (χ1) is 14.2. The van der Waals surface area contributed by atoms with Gasteiger partial charge in [-0.1, -0.05) is 48.5 Å². The molecule has 1 saturated heterocycles. The number of rotatable bonds is 10. The highest BCUT2D eigenvalue weighted by atomic mass is 16.5. The normalized spacial score (nSPS) is 21.1. The molecule has 0 spiro atoms. The molecule has 0 aromatic heterocycles. The molecule has 1 aliphatic rings. The number of nitrogens with one attached hydrogen (secondary N) is 1. The number of benzene rings is 2. The second-order valence-corrected chi connectivity index (χ2v) is 7.79. The summed E-state index contributed by atoms with van der Waals surface area (Å²) in [5, 5.41) is 22.9. The van der Waals surface area contributed by atoms with Crippen LogP contribution in [0.5, 0.6) is 5.75 Å². The van der Waals surface area contributed by atoms with Gasteiger partial charge in [-0.25, -0.2) is 0 Å². The van der Waals surface area contributed by atoms with E-state index in [4.69, 9.17) is 9.84 Å². The van der Waals surface area contributed by atoms with Gasteiger partial charge in [0.25, 0.3) is 0 Å². The number of piperidine rings is 1. The number of hydrogen-bond donors (Lipinski definition) is 3. The number of aliphatic hydroxyl groups excluding tert-OH is 2. The summed E-state index contributed by atoms with van der Waals surface area (Å²) in [6.07, 6.45) is 2.92. The van der Waals surface area contributed by atoms with Crippen LogP contribution in [0.25, 0.3) is 0 Å². The molecule has 5 nitrogen and oxygen atoms in total. The molecule has 0 bridgehead atoms. The van der Waals surface area contributed by atoms with E-state index in [0.29, 0.717) is 18.9 Å². The number of hydrogen-bond acceptors (Lipinski definition) is 5. The fourth-order valence-electron chi connectivity index (χ4n) is 4.32. The molecule has 2 aromatic carbocycles. The van der Waals surface area contributed by atoms with Gasteiger partial charge in [-0.05, 0) is 43.9 Å². The van der Waals surface area contributed by atoms with Crippen LogP contribution in [0.3, 0.4) is 0 Å². The lowest BCUT2D eigenvalue weighted by molar-refractivity contribution is 0.0717. The van der Waals surface area contributed by atoms with Gasteiger partial charge in [-0.2, -0.15) is 0 Å². The van der Waals surface area contributed by atoms with Crippen molar-refractivity contribution in [3.63, 3.8) is 0 Å². The van der Waals surface area contributed by atoms with Gasteiger partial charge < -0.3 is 20.3 Å². The summed E-state index contributed by atoms with van der Waals surface area (Å²) in [5.41, 5.74) is 2.47. The van der Waals surface area contributed by atoms with Crippen LogP contribution in [-0.2, 0) is 6.54 Å². The van der Waals surface area contributed by atoms with Gasteiger partial charge in [0, 0.05) is 31.3 Å². The van der Waals surface area contributed by atoms with E-state index in [2.05, 4.69) is 46.6 Å². The molecule has 3 rings (SSSR count). The first-order valence-corrected chi connectivity index (χ1v) is 10.7. The third-order valence-corrected chi connectivity index (χ3v) is 5.84. The van der Waals surface area contributed by atoms with Crippen molar-refractivity contribution in [2.24, 2.45) is 0 Å². The van der Waals surface area contributed by atoms with E-state index < -0.39 is 6.10 Å². The highest BCUT2D eigenvalue weighted by Crippen LogP contribution is 2.32. The molecule has 2 aromatic rings. The molecular formula is C24H34N2O3. The van der Waals surface area contributed by atoms with E-state index in [1.165, 1.54) is 5.56 Å². The molecule has 1 aliphatic heterocycles. The van der Waals surface area contributed by atoms with Crippen LogP contribution in [-0.4, -0.2) is 54.1 Å². The number of aliphatic hydroxyl groups is 2. The third-order valence-electron chi connectivity index (χ3n) is 5.84. The van der Waals surface area contributed by atoms with Crippen LogP contribution in [0.4, 0.5) is 0 Å². The Morgan fingerprint density at radius 3 is 2.62 bits per heavy atom. The Hall–Kier alpha value is -1.92. The Morgan fingerprint density at radius 2 is 1.86 bits per heavy atom. The molecule has 158 valence electrons. The maximum absolute atomic E-state index is 10.1. The number of para-hydroxylation sites is 1. The van der Waals surface area contributed by atoms with Crippen LogP contribution in [0.15, 0.2) is 54.6 Å². The van der Waals surface area contributed by atoms with Gasteiger partial charge in [-0.3, -0.25) is 4.90 Å². The first-order valence-electron chi connectivity index (χ1n) is 10.7. The predicted octanol–water partition coefficient (Wildman–Crippen LogP) is 3.12. The summed E-state index contributed by atoms with van der Waals surface area (Å²) in [6.45, 7) is 2.65. The van der Waals surface area contributed by atoms with Crippen molar-refractivity contribution in [2.45, 2.75) is 50.4 Å². The average molecular weight is 399 g/mol. The molecule has 0 saturated carbocycles.